The quantitative estimate of drug-likeness (QED) is 0.563. The molecule has 0 amide bonds. The van der Waals surface area contributed by atoms with Crippen LogP contribution in [0.5, 0.6) is 0 Å². The topological polar surface area (TPSA) is 68.2 Å². The van der Waals surface area contributed by atoms with Gasteiger partial charge in [0.05, 0.1) is 36.8 Å². The first-order valence-corrected chi connectivity index (χ1v) is 9.28. The lowest BCUT2D eigenvalue weighted by atomic mass is 10.1. The Labute approximate surface area is 165 Å². The highest BCUT2D eigenvalue weighted by Gasteiger charge is 2.27. The van der Waals surface area contributed by atoms with Gasteiger partial charge in [0.2, 0.25) is 0 Å². The molecule has 28 heavy (non-hydrogen) atoms. The van der Waals surface area contributed by atoms with Gasteiger partial charge in [-0.25, -0.2) is 0 Å². The number of rotatable bonds is 8. The van der Waals surface area contributed by atoms with Gasteiger partial charge in [-0.1, -0.05) is 25.1 Å². The summed E-state index contributed by atoms with van der Waals surface area (Å²) in [6.45, 7) is 2.65. The number of esters is 1. The van der Waals surface area contributed by atoms with E-state index in [1.54, 1.807) is 12.4 Å². The van der Waals surface area contributed by atoms with Crippen LogP contribution in [0.15, 0.2) is 67.0 Å². The minimum absolute atomic E-state index is 0.104. The lowest BCUT2D eigenvalue weighted by Crippen LogP contribution is -2.35. The Balaban J connectivity index is 2.02. The van der Waals surface area contributed by atoms with Gasteiger partial charge in [0.15, 0.2) is 0 Å². The van der Waals surface area contributed by atoms with Crippen molar-refractivity contribution in [2.75, 3.05) is 13.7 Å². The number of nitrogens with zero attached hydrogens (tertiary/aromatic N) is 4. The fourth-order valence-corrected chi connectivity index (χ4v) is 3.09. The van der Waals surface area contributed by atoms with Gasteiger partial charge >= 0.3 is 5.97 Å². The molecule has 0 aliphatic rings. The van der Waals surface area contributed by atoms with Gasteiger partial charge in [0.25, 0.3) is 0 Å². The Kier molecular flexibility index (Phi) is 6.81. The van der Waals surface area contributed by atoms with E-state index in [0.29, 0.717) is 6.54 Å². The summed E-state index contributed by atoms with van der Waals surface area (Å²) in [6, 6.07) is 17.2. The maximum Gasteiger partial charge on any atom is 0.319 e. The largest absolute Gasteiger partial charge is 0.468 e. The first kappa shape index (κ1) is 19.6. The molecule has 0 bridgehead atoms. The average molecular weight is 376 g/mol. The summed E-state index contributed by atoms with van der Waals surface area (Å²) in [4.78, 5) is 27.9. The lowest BCUT2D eigenvalue weighted by Gasteiger charge is -2.30. The third kappa shape index (κ3) is 4.98. The van der Waals surface area contributed by atoms with Crippen molar-refractivity contribution in [3.05, 3.63) is 89.8 Å². The molecule has 6 heteroatoms. The van der Waals surface area contributed by atoms with Gasteiger partial charge in [-0.2, -0.15) is 0 Å². The second-order valence-corrected chi connectivity index (χ2v) is 6.37. The van der Waals surface area contributed by atoms with Crippen molar-refractivity contribution in [1.82, 2.24) is 19.9 Å². The normalized spacial score (nSPS) is 11.0. The zero-order valence-corrected chi connectivity index (χ0v) is 16.2. The van der Waals surface area contributed by atoms with E-state index in [1.807, 2.05) is 59.5 Å². The van der Waals surface area contributed by atoms with E-state index < -0.39 is 0 Å². The maximum absolute atomic E-state index is 12.2. The van der Waals surface area contributed by atoms with E-state index in [2.05, 4.69) is 16.9 Å². The van der Waals surface area contributed by atoms with Crippen LogP contribution in [-0.4, -0.2) is 39.5 Å². The number of aromatic nitrogens is 3. The number of carbonyl (C=O) groups excluding carboxylic acids is 1. The third-order valence-corrected chi connectivity index (χ3v) is 4.45. The monoisotopic (exact) mass is 376 g/mol. The molecule has 0 radical (unpaired) electrons. The van der Waals surface area contributed by atoms with Crippen molar-refractivity contribution in [2.24, 2.45) is 0 Å². The van der Waals surface area contributed by atoms with Crippen LogP contribution in [0.1, 0.15) is 35.7 Å². The molecule has 0 saturated heterocycles. The molecule has 0 fully saturated rings. The van der Waals surface area contributed by atoms with Gasteiger partial charge < -0.3 is 4.74 Å². The van der Waals surface area contributed by atoms with Crippen LogP contribution in [0, 0.1) is 0 Å². The Morgan fingerprint density at radius 3 is 2.14 bits per heavy atom. The predicted molar refractivity (Wildman–Crippen MR) is 106 cm³/mol. The van der Waals surface area contributed by atoms with Crippen molar-refractivity contribution in [3.8, 4) is 0 Å². The minimum Gasteiger partial charge on any atom is -0.468 e. The Morgan fingerprint density at radius 1 is 0.964 bits per heavy atom. The zero-order chi connectivity index (χ0) is 19.8. The molecule has 3 aromatic heterocycles. The summed E-state index contributed by atoms with van der Waals surface area (Å²) in [6.07, 6.45) is 4.35. The van der Waals surface area contributed by atoms with E-state index in [1.165, 1.54) is 7.11 Å². The van der Waals surface area contributed by atoms with Crippen molar-refractivity contribution in [3.63, 3.8) is 0 Å². The number of aryl methyl sites for hydroxylation is 1. The molecule has 3 aromatic rings. The summed E-state index contributed by atoms with van der Waals surface area (Å²) in [5, 5.41) is 0. The first-order valence-electron chi connectivity index (χ1n) is 9.28. The summed E-state index contributed by atoms with van der Waals surface area (Å²) in [5.41, 5.74) is 3.54. The molecule has 3 rings (SSSR count). The molecular formula is C22H24N4O2. The molecule has 0 atom stereocenters. The zero-order valence-electron chi connectivity index (χ0n) is 16.2. The Morgan fingerprint density at radius 2 is 1.61 bits per heavy atom. The van der Waals surface area contributed by atoms with E-state index >= 15 is 0 Å². The van der Waals surface area contributed by atoms with E-state index in [9.17, 15) is 4.79 Å². The van der Waals surface area contributed by atoms with Crippen molar-refractivity contribution in [1.29, 1.82) is 0 Å². The number of pyridine rings is 3. The molecule has 0 aromatic carbocycles. The molecule has 6 nitrogen and oxygen atoms in total. The van der Waals surface area contributed by atoms with Crippen molar-refractivity contribution >= 4 is 5.97 Å². The third-order valence-electron chi connectivity index (χ3n) is 4.45. The number of ether oxygens (including phenoxy) is 1. The summed E-state index contributed by atoms with van der Waals surface area (Å²) >= 11 is 0. The van der Waals surface area contributed by atoms with Crippen LogP contribution in [0.4, 0.5) is 0 Å². The molecule has 0 spiro atoms. The molecular weight excluding hydrogens is 352 g/mol. The van der Waals surface area contributed by atoms with Crippen LogP contribution in [0.2, 0.25) is 0 Å². The van der Waals surface area contributed by atoms with Gasteiger partial charge in [-0.3, -0.25) is 24.6 Å². The highest BCUT2D eigenvalue weighted by Crippen LogP contribution is 2.27. The second kappa shape index (κ2) is 9.71. The van der Waals surface area contributed by atoms with E-state index in [4.69, 9.17) is 9.72 Å². The molecule has 0 N–H and O–H groups in total. The van der Waals surface area contributed by atoms with Gasteiger partial charge in [0, 0.05) is 24.6 Å². The molecule has 144 valence electrons. The highest BCUT2D eigenvalue weighted by atomic mass is 16.5. The Bertz CT molecular complexity index is 848. The number of hydrogen-bond acceptors (Lipinski definition) is 6. The number of hydrogen-bond donors (Lipinski definition) is 0. The Hall–Kier alpha value is -3.12. The highest BCUT2D eigenvalue weighted by molar-refractivity contribution is 5.71. The van der Waals surface area contributed by atoms with E-state index in [-0.39, 0.29) is 18.6 Å². The van der Waals surface area contributed by atoms with Crippen molar-refractivity contribution < 1.29 is 9.53 Å². The minimum atomic E-state index is -0.316. The van der Waals surface area contributed by atoms with Gasteiger partial charge in [-0.05, 0) is 42.8 Å². The van der Waals surface area contributed by atoms with Crippen molar-refractivity contribution in [2.45, 2.75) is 25.9 Å². The average Bonchev–Trinajstić information content (AvgIpc) is 2.75. The smallest absolute Gasteiger partial charge is 0.319 e. The summed E-state index contributed by atoms with van der Waals surface area (Å²) in [7, 11) is 1.40. The lowest BCUT2D eigenvalue weighted by molar-refractivity contribution is -0.142. The molecule has 0 saturated carbocycles. The summed E-state index contributed by atoms with van der Waals surface area (Å²) < 4.78 is 4.94. The molecule has 0 aliphatic heterocycles. The van der Waals surface area contributed by atoms with Gasteiger partial charge in [0.1, 0.15) is 0 Å². The SMILES string of the molecule is CCc1cccc(CN(CC(=O)OC)C(c2ccccn2)c2ccccn2)n1. The van der Waals surface area contributed by atoms with E-state index in [0.717, 1.165) is 29.2 Å². The van der Waals surface area contributed by atoms with Crippen LogP contribution in [0.3, 0.4) is 0 Å². The number of methoxy groups -OCH3 is 1. The van der Waals surface area contributed by atoms with Crippen LogP contribution in [-0.2, 0) is 22.5 Å². The standard InChI is InChI=1S/C22H24N4O2/c1-3-17-9-8-10-18(25-17)15-26(16-21(27)28-2)22(19-11-4-6-13-23-19)20-12-5-7-14-24-20/h4-14,22H,3,15-16H2,1-2H3. The van der Waals surface area contributed by atoms with Gasteiger partial charge in [-0.15, -0.1) is 0 Å². The van der Waals surface area contributed by atoms with Crippen LogP contribution < -0.4 is 0 Å². The molecule has 3 heterocycles. The first-order chi connectivity index (χ1) is 13.7. The van der Waals surface area contributed by atoms with Crippen LogP contribution in [0.25, 0.3) is 0 Å². The fourth-order valence-electron chi connectivity index (χ4n) is 3.09. The maximum atomic E-state index is 12.2. The summed E-state index contributed by atoms with van der Waals surface area (Å²) in [5.74, 6) is -0.316. The number of carbonyl (C=O) groups is 1. The molecule has 0 unspecified atom stereocenters. The predicted octanol–water partition coefficient (Wildman–Crippen LogP) is 3.20. The van der Waals surface area contributed by atoms with Crippen LogP contribution >= 0.6 is 0 Å². The molecule has 0 aliphatic carbocycles. The fraction of sp³-hybridized carbons (Fsp3) is 0.273. The second-order valence-electron chi connectivity index (χ2n) is 6.37.